The number of rotatable bonds is 5. The van der Waals surface area contributed by atoms with Crippen LogP contribution in [-0.4, -0.2) is 28.9 Å². The van der Waals surface area contributed by atoms with Gasteiger partial charge in [-0.05, 0) is 24.6 Å². The van der Waals surface area contributed by atoms with Gasteiger partial charge in [-0.25, -0.2) is 9.48 Å². The summed E-state index contributed by atoms with van der Waals surface area (Å²) in [5.74, 6) is -0.307. The molecule has 0 amide bonds. The Balaban J connectivity index is 2.37. The highest BCUT2D eigenvalue weighted by molar-refractivity contribution is 6.33. The zero-order valence-corrected chi connectivity index (χ0v) is 12.1. The first-order chi connectivity index (χ1) is 9.67. The number of halogens is 1. The topological polar surface area (TPSA) is 56.2 Å². The number of ether oxygens (including phenoxy) is 1. The predicted molar refractivity (Wildman–Crippen MR) is 78.3 cm³/mol. The highest BCUT2D eigenvalue weighted by Gasteiger charge is 2.19. The van der Waals surface area contributed by atoms with E-state index in [1.54, 1.807) is 23.1 Å². The molecule has 0 saturated carbocycles. The molecule has 1 heterocycles. The highest BCUT2D eigenvalue weighted by atomic mass is 35.5. The molecule has 0 radical (unpaired) electrons. The number of aromatic nitrogens is 2. The first-order valence-electron chi connectivity index (χ1n) is 6.30. The quantitative estimate of drug-likeness (QED) is 0.861. The first-order valence-corrected chi connectivity index (χ1v) is 6.68. The van der Waals surface area contributed by atoms with E-state index < -0.39 is 6.04 Å². The van der Waals surface area contributed by atoms with Crippen LogP contribution in [0, 0.1) is 0 Å². The van der Waals surface area contributed by atoms with Gasteiger partial charge in [0.25, 0.3) is 0 Å². The van der Waals surface area contributed by atoms with Gasteiger partial charge in [-0.2, -0.15) is 5.10 Å². The Labute approximate surface area is 122 Å². The van der Waals surface area contributed by atoms with Crippen LogP contribution in [0.5, 0.6) is 0 Å². The molecule has 0 aliphatic rings. The minimum atomic E-state index is -0.423. The van der Waals surface area contributed by atoms with Gasteiger partial charge >= 0.3 is 5.97 Å². The van der Waals surface area contributed by atoms with E-state index in [0.717, 1.165) is 5.69 Å². The van der Waals surface area contributed by atoms with Crippen LogP contribution in [0.4, 0.5) is 5.69 Å². The molecule has 0 saturated heterocycles. The van der Waals surface area contributed by atoms with Crippen molar-refractivity contribution in [2.24, 2.45) is 0 Å². The molecule has 0 fully saturated rings. The van der Waals surface area contributed by atoms with Crippen molar-refractivity contribution < 1.29 is 9.53 Å². The first kappa shape index (κ1) is 14.4. The molecular formula is C14H16ClN3O2. The summed E-state index contributed by atoms with van der Waals surface area (Å²) in [5.41, 5.74) is 1.44. The van der Waals surface area contributed by atoms with Crippen molar-refractivity contribution in [3.8, 4) is 5.69 Å². The fraction of sp³-hybridized carbons (Fsp3) is 0.286. The summed E-state index contributed by atoms with van der Waals surface area (Å²) in [6.45, 7) is 1.91. The Morgan fingerprint density at radius 3 is 2.90 bits per heavy atom. The van der Waals surface area contributed by atoms with E-state index in [1.165, 1.54) is 7.11 Å². The van der Waals surface area contributed by atoms with Crippen molar-refractivity contribution in [1.82, 2.24) is 9.78 Å². The molecule has 5 nitrogen and oxygen atoms in total. The van der Waals surface area contributed by atoms with Crippen LogP contribution in [0.3, 0.4) is 0 Å². The second-order valence-electron chi connectivity index (χ2n) is 4.21. The molecule has 0 aliphatic carbocycles. The minimum absolute atomic E-state index is 0.307. The van der Waals surface area contributed by atoms with Crippen LogP contribution in [0.1, 0.15) is 13.3 Å². The Morgan fingerprint density at radius 1 is 1.50 bits per heavy atom. The van der Waals surface area contributed by atoms with Gasteiger partial charge in [-0.3, -0.25) is 0 Å². The lowest BCUT2D eigenvalue weighted by atomic mass is 10.2. The van der Waals surface area contributed by atoms with Crippen molar-refractivity contribution in [1.29, 1.82) is 0 Å². The van der Waals surface area contributed by atoms with Crippen molar-refractivity contribution in [3.05, 3.63) is 41.7 Å². The van der Waals surface area contributed by atoms with Gasteiger partial charge in [0.05, 0.1) is 17.8 Å². The third kappa shape index (κ3) is 2.93. The van der Waals surface area contributed by atoms with Gasteiger partial charge in [-0.15, -0.1) is 0 Å². The maximum atomic E-state index is 11.7. The third-order valence-electron chi connectivity index (χ3n) is 2.94. The summed E-state index contributed by atoms with van der Waals surface area (Å²) in [5, 5.41) is 7.89. The number of benzene rings is 1. The molecule has 1 unspecified atom stereocenters. The zero-order valence-electron chi connectivity index (χ0n) is 11.3. The predicted octanol–water partition coefficient (Wildman–Crippen LogP) is 2.89. The Morgan fingerprint density at radius 2 is 2.30 bits per heavy atom. The molecule has 2 rings (SSSR count). The molecule has 0 bridgehead atoms. The van der Waals surface area contributed by atoms with E-state index in [2.05, 4.69) is 10.4 Å². The molecule has 106 valence electrons. The standard InChI is InChI=1S/C14H16ClN3O2/c1-3-11(14(19)20-2)17-12-7-4-6-10(15)13(12)18-9-5-8-16-18/h4-9,11,17H,3H2,1-2H3. The van der Waals surface area contributed by atoms with Gasteiger partial charge in [-0.1, -0.05) is 24.6 Å². The highest BCUT2D eigenvalue weighted by Crippen LogP contribution is 2.28. The van der Waals surface area contributed by atoms with Crippen LogP contribution in [-0.2, 0) is 9.53 Å². The number of carbonyl (C=O) groups is 1. The van der Waals surface area contributed by atoms with E-state index in [-0.39, 0.29) is 5.97 Å². The molecular weight excluding hydrogens is 278 g/mol. The van der Waals surface area contributed by atoms with E-state index in [4.69, 9.17) is 16.3 Å². The molecule has 1 aromatic carbocycles. The van der Waals surface area contributed by atoms with E-state index in [0.29, 0.717) is 17.1 Å². The van der Waals surface area contributed by atoms with E-state index in [1.807, 2.05) is 25.1 Å². The zero-order chi connectivity index (χ0) is 14.5. The van der Waals surface area contributed by atoms with Gasteiger partial charge in [0, 0.05) is 12.4 Å². The molecule has 0 spiro atoms. The summed E-state index contributed by atoms with van der Waals surface area (Å²) in [7, 11) is 1.37. The van der Waals surface area contributed by atoms with Gasteiger partial charge < -0.3 is 10.1 Å². The number of methoxy groups -OCH3 is 1. The summed E-state index contributed by atoms with van der Waals surface area (Å²) >= 11 is 6.24. The van der Waals surface area contributed by atoms with Crippen LogP contribution in [0.25, 0.3) is 5.69 Å². The molecule has 1 N–H and O–H groups in total. The Bertz CT molecular complexity index is 584. The van der Waals surface area contributed by atoms with Gasteiger partial charge in [0.1, 0.15) is 11.7 Å². The smallest absolute Gasteiger partial charge is 0.328 e. The minimum Gasteiger partial charge on any atom is -0.467 e. The SMILES string of the molecule is CCC(Nc1cccc(Cl)c1-n1cccn1)C(=O)OC. The second-order valence-corrected chi connectivity index (χ2v) is 4.62. The molecule has 1 aromatic heterocycles. The van der Waals surface area contributed by atoms with Crippen molar-refractivity contribution >= 4 is 23.3 Å². The molecule has 6 heteroatoms. The molecule has 20 heavy (non-hydrogen) atoms. The van der Waals surface area contributed by atoms with E-state index >= 15 is 0 Å². The largest absolute Gasteiger partial charge is 0.467 e. The van der Waals surface area contributed by atoms with Crippen LogP contribution in [0.2, 0.25) is 5.02 Å². The summed E-state index contributed by atoms with van der Waals surface area (Å²) in [6, 6.07) is 6.84. The number of nitrogens with one attached hydrogen (secondary N) is 1. The number of carbonyl (C=O) groups excluding carboxylic acids is 1. The normalized spacial score (nSPS) is 11.9. The van der Waals surface area contributed by atoms with Crippen molar-refractivity contribution in [2.75, 3.05) is 12.4 Å². The fourth-order valence-electron chi connectivity index (χ4n) is 1.92. The maximum absolute atomic E-state index is 11.7. The Hall–Kier alpha value is -2.01. The average molecular weight is 294 g/mol. The number of esters is 1. The number of nitrogens with zero attached hydrogens (tertiary/aromatic N) is 2. The van der Waals surface area contributed by atoms with E-state index in [9.17, 15) is 4.79 Å². The average Bonchev–Trinajstić information content (AvgIpc) is 2.97. The second kappa shape index (κ2) is 6.43. The van der Waals surface area contributed by atoms with Gasteiger partial charge in [0.2, 0.25) is 0 Å². The maximum Gasteiger partial charge on any atom is 0.328 e. The van der Waals surface area contributed by atoms with Crippen LogP contribution < -0.4 is 5.32 Å². The fourth-order valence-corrected chi connectivity index (χ4v) is 2.18. The summed E-state index contributed by atoms with van der Waals surface area (Å²) < 4.78 is 6.44. The molecule has 1 atom stereocenters. The third-order valence-corrected chi connectivity index (χ3v) is 3.25. The monoisotopic (exact) mass is 293 g/mol. The van der Waals surface area contributed by atoms with Crippen molar-refractivity contribution in [2.45, 2.75) is 19.4 Å². The van der Waals surface area contributed by atoms with Crippen LogP contribution >= 0.6 is 11.6 Å². The van der Waals surface area contributed by atoms with Crippen molar-refractivity contribution in [3.63, 3.8) is 0 Å². The molecule has 2 aromatic rings. The lowest BCUT2D eigenvalue weighted by Gasteiger charge is -2.19. The Kier molecular flexibility index (Phi) is 4.63. The number of hydrogen-bond donors (Lipinski definition) is 1. The lowest BCUT2D eigenvalue weighted by molar-refractivity contribution is -0.141. The van der Waals surface area contributed by atoms with Gasteiger partial charge in [0.15, 0.2) is 0 Å². The number of anilines is 1. The molecule has 0 aliphatic heterocycles. The number of hydrogen-bond acceptors (Lipinski definition) is 4. The summed E-state index contributed by atoms with van der Waals surface area (Å²) in [6.07, 6.45) is 4.08. The number of para-hydroxylation sites is 1. The summed E-state index contributed by atoms with van der Waals surface area (Å²) in [4.78, 5) is 11.7. The van der Waals surface area contributed by atoms with Crippen LogP contribution in [0.15, 0.2) is 36.7 Å². The lowest BCUT2D eigenvalue weighted by Crippen LogP contribution is -2.30.